The van der Waals surface area contributed by atoms with Crippen LogP contribution in [0.4, 0.5) is 0 Å². The van der Waals surface area contributed by atoms with Gasteiger partial charge in [-0.1, -0.05) is 38.2 Å². The van der Waals surface area contributed by atoms with E-state index in [1.165, 1.54) is 0 Å². The molecule has 2 heteroatoms. The van der Waals surface area contributed by atoms with Crippen molar-refractivity contribution in [2.75, 3.05) is 13.1 Å². The SMILES string of the molecule is CCNCC.[CH]1C=CC=C1.[Ti]. The average Bonchev–Trinajstić information content (AvgIpc) is 2.44. The maximum Gasteiger partial charge on any atom is 0.00506 e. The van der Waals surface area contributed by atoms with Gasteiger partial charge in [-0.15, -0.1) is 0 Å². The van der Waals surface area contributed by atoms with E-state index in [1.54, 1.807) is 0 Å². The van der Waals surface area contributed by atoms with Crippen molar-refractivity contribution in [2.45, 2.75) is 13.8 Å². The summed E-state index contributed by atoms with van der Waals surface area (Å²) in [5.74, 6) is 0. The van der Waals surface area contributed by atoms with E-state index in [4.69, 9.17) is 0 Å². The molecular formula is C9H16NTi. The van der Waals surface area contributed by atoms with Gasteiger partial charge in [-0.05, 0) is 13.1 Å². The zero-order chi connectivity index (χ0) is 7.66. The molecule has 0 aromatic rings. The Morgan fingerprint density at radius 3 is 1.45 bits per heavy atom. The predicted octanol–water partition coefficient (Wildman–Crippen LogP) is 1.93. The molecule has 61 valence electrons. The van der Waals surface area contributed by atoms with Gasteiger partial charge in [-0.25, -0.2) is 0 Å². The van der Waals surface area contributed by atoms with Crippen LogP contribution in [0, 0.1) is 6.42 Å². The molecule has 11 heavy (non-hydrogen) atoms. The van der Waals surface area contributed by atoms with Crippen molar-refractivity contribution >= 4 is 0 Å². The summed E-state index contributed by atoms with van der Waals surface area (Å²) in [7, 11) is 0. The van der Waals surface area contributed by atoms with E-state index in [9.17, 15) is 0 Å². The summed E-state index contributed by atoms with van der Waals surface area (Å²) in [4.78, 5) is 0. The minimum absolute atomic E-state index is 0. The Bertz CT molecular complexity index is 96.1. The molecule has 1 N–H and O–H groups in total. The normalized spacial score (nSPS) is 11.8. The second-order valence-corrected chi connectivity index (χ2v) is 1.92. The van der Waals surface area contributed by atoms with Crippen LogP contribution in [0.1, 0.15) is 13.8 Å². The zero-order valence-electron chi connectivity index (χ0n) is 7.30. The second-order valence-electron chi connectivity index (χ2n) is 1.92. The molecule has 0 unspecified atom stereocenters. The van der Waals surface area contributed by atoms with Crippen LogP contribution in [0.15, 0.2) is 24.3 Å². The molecule has 0 fully saturated rings. The Hall–Kier alpha value is 0.154. The first-order valence-electron chi connectivity index (χ1n) is 3.79. The molecule has 0 saturated carbocycles. The van der Waals surface area contributed by atoms with Crippen LogP contribution >= 0.6 is 0 Å². The van der Waals surface area contributed by atoms with Gasteiger partial charge in [0.15, 0.2) is 0 Å². The zero-order valence-corrected chi connectivity index (χ0v) is 8.86. The van der Waals surface area contributed by atoms with E-state index in [0.29, 0.717) is 0 Å². The Balaban J connectivity index is 0. The van der Waals surface area contributed by atoms with Crippen LogP contribution in [0.3, 0.4) is 0 Å². The molecule has 0 atom stereocenters. The van der Waals surface area contributed by atoms with Crippen molar-refractivity contribution in [1.82, 2.24) is 5.32 Å². The van der Waals surface area contributed by atoms with Crippen LogP contribution in [0.25, 0.3) is 0 Å². The first kappa shape index (κ1) is 13.7. The quantitative estimate of drug-likeness (QED) is 0.649. The third-order valence-electron chi connectivity index (χ3n) is 1.06. The summed E-state index contributed by atoms with van der Waals surface area (Å²) >= 11 is 0. The van der Waals surface area contributed by atoms with Crippen LogP contribution in [0.5, 0.6) is 0 Å². The Morgan fingerprint density at radius 2 is 1.36 bits per heavy atom. The fourth-order valence-electron chi connectivity index (χ4n) is 0.571. The van der Waals surface area contributed by atoms with Gasteiger partial charge in [0.2, 0.25) is 0 Å². The summed E-state index contributed by atoms with van der Waals surface area (Å²) in [6, 6.07) is 0. The smallest absolute Gasteiger partial charge is 0.00506 e. The molecule has 1 nitrogen and oxygen atoms in total. The predicted molar refractivity (Wildman–Crippen MR) is 46.8 cm³/mol. The third kappa shape index (κ3) is 13.2. The van der Waals surface area contributed by atoms with Gasteiger partial charge in [0.25, 0.3) is 0 Å². The fourth-order valence-corrected chi connectivity index (χ4v) is 0.571. The average molecular weight is 186 g/mol. The minimum atomic E-state index is 0. The molecule has 0 saturated heterocycles. The molecule has 0 aromatic heterocycles. The summed E-state index contributed by atoms with van der Waals surface area (Å²) in [5.41, 5.74) is 0. The fraction of sp³-hybridized carbons (Fsp3) is 0.444. The van der Waals surface area contributed by atoms with Gasteiger partial charge in [0.1, 0.15) is 0 Å². The standard InChI is InChI=1S/C5H5.C4H11N.Ti/c1-2-4-5-3-1;1-3-5-4-2;/h1-5H;5H,3-4H2,1-2H3;. The first-order valence-corrected chi connectivity index (χ1v) is 3.79. The second kappa shape index (κ2) is 12.8. The van der Waals surface area contributed by atoms with E-state index in [1.807, 2.05) is 30.7 Å². The number of hydrogen-bond acceptors (Lipinski definition) is 1. The molecule has 1 rings (SSSR count). The van der Waals surface area contributed by atoms with Crippen molar-refractivity contribution in [3.8, 4) is 0 Å². The van der Waals surface area contributed by atoms with Gasteiger partial charge in [0, 0.05) is 28.1 Å². The molecule has 0 aliphatic heterocycles. The van der Waals surface area contributed by atoms with E-state index < -0.39 is 0 Å². The number of hydrogen-bond donors (Lipinski definition) is 1. The first-order chi connectivity index (χ1) is 4.91. The number of rotatable bonds is 2. The van der Waals surface area contributed by atoms with Crippen LogP contribution in [-0.4, -0.2) is 13.1 Å². The molecule has 1 aliphatic carbocycles. The molecule has 1 aliphatic rings. The van der Waals surface area contributed by atoms with Crippen LogP contribution in [0.2, 0.25) is 0 Å². The van der Waals surface area contributed by atoms with Crippen LogP contribution < -0.4 is 5.32 Å². The topological polar surface area (TPSA) is 12.0 Å². The van der Waals surface area contributed by atoms with E-state index in [-0.39, 0.29) is 21.7 Å². The molecule has 0 bridgehead atoms. The number of allylic oxidation sites excluding steroid dienone is 4. The Morgan fingerprint density at radius 1 is 0.909 bits per heavy atom. The van der Waals surface area contributed by atoms with Gasteiger partial charge in [0.05, 0.1) is 0 Å². The monoisotopic (exact) mass is 186 g/mol. The largest absolute Gasteiger partial charge is 0.317 e. The maximum atomic E-state index is 3.11. The molecule has 1 radical (unpaired) electrons. The summed E-state index contributed by atoms with van der Waals surface area (Å²) < 4.78 is 0. The summed E-state index contributed by atoms with van der Waals surface area (Å²) in [5, 5.41) is 3.11. The molecule has 0 amide bonds. The van der Waals surface area contributed by atoms with E-state index in [2.05, 4.69) is 19.2 Å². The van der Waals surface area contributed by atoms with Gasteiger partial charge < -0.3 is 5.32 Å². The third-order valence-corrected chi connectivity index (χ3v) is 1.06. The van der Waals surface area contributed by atoms with E-state index >= 15 is 0 Å². The van der Waals surface area contributed by atoms with E-state index in [0.717, 1.165) is 13.1 Å². The number of nitrogens with one attached hydrogen (secondary N) is 1. The van der Waals surface area contributed by atoms with Gasteiger partial charge in [-0.2, -0.15) is 0 Å². The Kier molecular flexibility index (Phi) is 16.0. The molecule has 0 aromatic carbocycles. The molecule has 0 heterocycles. The van der Waals surface area contributed by atoms with Crippen LogP contribution in [-0.2, 0) is 21.7 Å². The van der Waals surface area contributed by atoms with Crippen molar-refractivity contribution in [3.05, 3.63) is 30.7 Å². The van der Waals surface area contributed by atoms with Crippen molar-refractivity contribution in [2.24, 2.45) is 0 Å². The van der Waals surface area contributed by atoms with Crippen molar-refractivity contribution in [1.29, 1.82) is 0 Å². The minimum Gasteiger partial charge on any atom is -0.317 e. The van der Waals surface area contributed by atoms with Gasteiger partial charge >= 0.3 is 0 Å². The summed E-state index contributed by atoms with van der Waals surface area (Å²) in [6.45, 7) is 6.39. The maximum absolute atomic E-state index is 3.11. The van der Waals surface area contributed by atoms with Crippen molar-refractivity contribution < 1.29 is 21.7 Å². The van der Waals surface area contributed by atoms with Gasteiger partial charge in [-0.3, -0.25) is 0 Å². The van der Waals surface area contributed by atoms with Crippen molar-refractivity contribution in [3.63, 3.8) is 0 Å². The summed E-state index contributed by atoms with van der Waals surface area (Å²) in [6.07, 6.45) is 10.0. The molecular weight excluding hydrogens is 170 g/mol. The Labute approximate surface area is 84.8 Å². The molecule has 0 spiro atoms.